The molecule has 21 heavy (non-hydrogen) atoms. The van der Waals surface area contributed by atoms with Crippen molar-refractivity contribution in [2.45, 2.75) is 19.4 Å². The summed E-state index contributed by atoms with van der Waals surface area (Å²) in [5.74, 6) is -0.146. The van der Waals surface area contributed by atoms with E-state index < -0.39 is 5.91 Å². The lowest BCUT2D eigenvalue weighted by atomic mass is 10.2. The number of carbonyl (C=O) groups is 2. The van der Waals surface area contributed by atoms with Crippen molar-refractivity contribution >= 4 is 11.8 Å². The van der Waals surface area contributed by atoms with Gasteiger partial charge in [0, 0.05) is 18.7 Å². The second kappa shape index (κ2) is 7.08. The second-order valence-electron chi connectivity index (χ2n) is 4.92. The van der Waals surface area contributed by atoms with E-state index in [4.69, 9.17) is 15.2 Å². The van der Waals surface area contributed by atoms with Crippen LogP contribution in [-0.4, -0.2) is 49.1 Å². The van der Waals surface area contributed by atoms with E-state index in [0.29, 0.717) is 31.0 Å². The summed E-state index contributed by atoms with van der Waals surface area (Å²) in [5, 5.41) is 0. The van der Waals surface area contributed by atoms with Crippen LogP contribution in [0.15, 0.2) is 24.3 Å². The van der Waals surface area contributed by atoms with Crippen LogP contribution >= 0.6 is 0 Å². The molecule has 0 bridgehead atoms. The number of amides is 2. The zero-order valence-corrected chi connectivity index (χ0v) is 12.1. The number of ether oxygens (including phenoxy) is 2. The molecule has 1 saturated heterocycles. The number of nitrogens with zero attached hydrogens (tertiary/aromatic N) is 1. The minimum Gasteiger partial charge on any atom is -0.484 e. The molecule has 1 aliphatic rings. The summed E-state index contributed by atoms with van der Waals surface area (Å²) in [4.78, 5) is 24.9. The number of carbonyl (C=O) groups excluding carboxylic acids is 2. The van der Waals surface area contributed by atoms with E-state index in [-0.39, 0.29) is 18.6 Å². The molecule has 1 fully saturated rings. The van der Waals surface area contributed by atoms with Gasteiger partial charge in [-0.05, 0) is 24.6 Å². The summed E-state index contributed by atoms with van der Waals surface area (Å²) in [6.07, 6.45) is 0.978. The summed E-state index contributed by atoms with van der Waals surface area (Å²) in [7, 11) is 0. The Hall–Kier alpha value is -2.08. The van der Waals surface area contributed by atoms with Gasteiger partial charge in [-0.3, -0.25) is 9.59 Å². The maximum Gasteiger partial charge on any atom is 0.260 e. The van der Waals surface area contributed by atoms with Gasteiger partial charge in [0.1, 0.15) is 5.75 Å². The van der Waals surface area contributed by atoms with Gasteiger partial charge in [0.2, 0.25) is 5.91 Å². The zero-order valence-electron chi connectivity index (χ0n) is 12.1. The molecule has 0 aromatic heterocycles. The molecule has 2 rings (SSSR count). The lowest BCUT2D eigenvalue weighted by Crippen LogP contribution is -2.47. The van der Waals surface area contributed by atoms with Crippen molar-refractivity contribution in [1.82, 2.24) is 4.90 Å². The smallest absolute Gasteiger partial charge is 0.260 e. The normalized spacial score (nSPS) is 18.3. The number of hydrogen-bond donors (Lipinski definition) is 1. The van der Waals surface area contributed by atoms with Crippen LogP contribution in [0.2, 0.25) is 0 Å². The van der Waals surface area contributed by atoms with Gasteiger partial charge < -0.3 is 20.1 Å². The van der Waals surface area contributed by atoms with Crippen LogP contribution in [0.3, 0.4) is 0 Å². The van der Waals surface area contributed by atoms with Gasteiger partial charge in [-0.15, -0.1) is 0 Å². The Kier molecular flexibility index (Phi) is 5.16. The third-order valence-electron chi connectivity index (χ3n) is 3.43. The maximum atomic E-state index is 12.1. The predicted octanol–water partition coefficient (Wildman–Crippen LogP) is 0.802. The predicted molar refractivity (Wildman–Crippen MR) is 77.1 cm³/mol. The van der Waals surface area contributed by atoms with Crippen molar-refractivity contribution in [2.75, 3.05) is 26.3 Å². The molecule has 1 aromatic carbocycles. The average Bonchev–Trinajstić information content (AvgIpc) is 2.53. The summed E-state index contributed by atoms with van der Waals surface area (Å²) >= 11 is 0. The molecule has 1 aromatic rings. The van der Waals surface area contributed by atoms with Gasteiger partial charge >= 0.3 is 0 Å². The third kappa shape index (κ3) is 4.19. The van der Waals surface area contributed by atoms with Gasteiger partial charge in [-0.1, -0.05) is 13.0 Å². The summed E-state index contributed by atoms with van der Waals surface area (Å²) in [6, 6.07) is 6.49. The molecule has 0 saturated carbocycles. The highest BCUT2D eigenvalue weighted by atomic mass is 16.5. The van der Waals surface area contributed by atoms with E-state index in [1.165, 1.54) is 6.07 Å². The van der Waals surface area contributed by atoms with Gasteiger partial charge in [0.15, 0.2) is 6.61 Å². The minimum atomic E-state index is -0.522. The van der Waals surface area contributed by atoms with E-state index in [9.17, 15) is 9.59 Å². The van der Waals surface area contributed by atoms with E-state index >= 15 is 0 Å². The zero-order chi connectivity index (χ0) is 15.2. The Bertz CT molecular complexity index is 518. The number of morpholine rings is 1. The molecule has 1 unspecified atom stereocenters. The molecule has 114 valence electrons. The van der Waals surface area contributed by atoms with Crippen molar-refractivity contribution < 1.29 is 19.1 Å². The lowest BCUT2D eigenvalue weighted by molar-refractivity contribution is -0.141. The fourth-order valence-corrected chi connectivity index (χ4v) is 2.17. The number of nitrogens with two attached hydrogens (primary N) is 1. The van der Waals surface area contributed by atoms with Crippen LogP contribution in [0.4, 0.5) is 0 Å². The first-order valence-electron chi connectivity index (χ1n) is 7.02. The third-order valence-corrected chi connectivity index (χ3v) is 3.43. The first kappa shape index (κ1) is 15.3. The largest absolute Gasteiger partial charge is 0.484 e. The lowest BCUT2D eigenvalue weighted by Gasteiger charge is -2.32. The number of primary amides is 1. The van der Waals surface area contributed by atoms with Crippen molar-refractivity contribution in [1.29, 1.82) is 0 Å². The fraction of sp³-hybridized carbons (Fsp3) is 0.467. The first-order valence-corrected chi connectivity index (χ1v) is 7.02. The molecule has 0 radical (unpaired) electrons. The van der Waals surface area contributed by atoms with Crippen LogP contribution in [0.25, 0.3) is 0 Å². The van der Waals surface area contributed by atoms with Gasteiger partial charge in [0.05, 0.1) is 12.7 Å². The van der Waals surface area contributed by atoms with E-state index in [2.05, 4.69) is 0 Å². The van der Waals surface area contributed by atoms with Crippen molar-refractivity contribution in [2.24, 2.45) is 5.73 Å². The molecule has 0 spiro atoms. The van der Waals surface area contributed by atoms with E-state index in [1.807, 2.05) is 6.92 Å². The SMILES string of the molecule is CCC1CN(C(=O)COc2cccc(C(N)=O)c2)CCO1. The molecule has 6 nitrogen and oxygen atoms in total. The van der Waals surface area contributed by atoms with Gasteiger partial charge in [-0.25, -0.2) is 0 Å². The molecule has 2 N–H and O–H groups in total. The Morgan fingerprint density at radius 1 is 1.48 bits per heavy atom. The second-order valence-corrected chi connectivity index (χ2v) is 4.92. The molecular formula is C15H20N2O4. The first-order chi connectivity index (χ1) is 10.1. The Balaban J connectivity index is 1.89. The van der Waals surface area contributed by atoms with Crippen LogP contribution < -0.4 is 10.5 Å². The molecule has 1 atom stereocenters. The molecule has 1 aliphatic heterocycles. The molecular weight excluding hydrogens is 272 g/mol. The van der Waals surface area contributed by atoms with Gasteiger partial charge in [-0.2, -0.15) is 0 Å². The topological polar surface area (TPSA) is 81.9 Å². The number of benzene rings is 1. The Morgan fingerprint density at radius 2 is 2.29 bits per heavy atom. The van der Waals surface area contributed by atoms with Crippen LogP contribution in [0, 0.1) is 0 Å². The molecule has 6 heteroatoms. The fourth-order valence-electron chi connectivity index (χ4n) is 2.17. The van der Waals surface area contributed by atoms with Gasteiger partial charge in [0.25, 0.3) is 5.91 Å². The van der Waals surface area contributed by atoms with Crippen LogP contribution in [0.5, 0.6) is 5.75 Å². The highest BCUT2D eigenvalue weighted by Gasteiger charge is 2.23. The van der Waals surface area contributed by atoms with Crippen molar-refractivity contribution in [3.8, 4) is 5.75 Å². The maximum absolute atomic E-state index is 12.1. The number of hydrogen-bond acceptors (Lipinski definition) is 4. The average molecular weight is 292 g/mol. The minimum absolute atomic E-state index is 0.0569. The van der Waals surface area contributed by atoms with Crippen molar-refractivity contribution in [3.05, 3.63) is 29.8 Å². The van der Waals surface area contributed by atoms with Crippen LogP contribution in [-0.2, 0) is 9.53 Å². The molecule has 2 amide bonds. The molecule has 1 heterocycles. The number of rotatable bonds is 5. The van der Waals surface area contributed by atoms with Crippen LogP contribution in [0.1, 0.15) is 23.7 Å². The highest BCUT2D eigenvalue weighted by Crippen LogP contribution is 2.14. The summed E-state index contributed by atoms with van der Waals surface area (Å²) in [6.45, 7) is 3.71. The highest BCUT2D eigenvalue weighted by molar-refractivity contribution is 5.93. The monoisotopic (exact) mass is 292 g/mol. The quantitative estimate of drug-likeness (QED) is 0.870. The Morgan fingerprint density at radius 3 is 3.00 bits per heavy atom. The Labute approximate surface area is 123 Å². The van der Waals surface area contributed by atoms with E-state index in [1.54, 1.807) is 23.1 Å². The standard InChI is InChI=1S/C15H20N2O4/c1-2-12-9-17(6-7-20-12)14(18)10-21-13-5-3-4-11(8-13)15(16)19/h3-5,8,12H,2,6-7,9-10H2,1H3,(H2,16,19). The summed E-state index contributed by atoms with van der Waals surface area (Å²) < 4.78 is 11.0. The van der Waals surface area contributed by atoms with E-state index in [0.717, 1.165) is 6.42 Å². The van der Waals surface area contributed by atoms with Crippen molar-refractivity contribution in [3.63, 3.8) is 0 Å². The summed E-state index contributed by atoms with van der Waals surface area (Å²) in [5.41, 5.74) is 5.56. The molecule has 0 aliphatic carbocycles.